The lowest BCUT2D eigenvalue weighted by Crippen LogP contribution is -2.54. The van der Waals surface area contributed by atoms with E-state index < -0.39 is 0 Å². The molecule has 0 unspecified atom stereocenters. The number of nitrogens with one attached hydrogen (secondary N) is 1. The van der Waals surface area contributed by atoms with Gasteiger partial charge >= 0.3 is 6.03 Å². The summed E-state index contributed by atoms with van der Waals surface area (Å²) in [7, 11) is 4.11. The lowest BCUT2D eigenvalue weighted by Gasteiger charge is -2.39. The van der Waals surface area contributed by atoms with Crippen LogP contribution in [-0.4, -0.2) is 52.8 Å². The summed E-state index contributed by atoms with van der Waals surface area (Å²) >= 11 is 0. The molecule has 0 aliphatic carbocycles. The van der Waals surface area contributed by atoms with Crippen LogP contribution in [0, 0.1) is 13.8 Å². The van der Waals surface area contributed by atoms with Crippen molar-refractivity contribution in [2.45, 2.75) is 33.0 Å². The predicted molar refractivity (Wildman–Crippen MR) is 98.4 cm³/mol. The summed E-state index contributed by atoms with van der Waals surface area (Å²) in [5.41, 5.74) is 4.57. The average Bonchev–Trinajstić information content (AvgIpc) is 2.83. The van der Waals surface area contributed by atoms with Gasteiger partial charge in [-0.2, -0.15) is 5.10 Å². The van der Waals surface area contributed by atoms with Crippen molar-refractivity contribution in [1.82, 2.24) is 24.9 Å². The molecule has 6 heteroatoms. The fourth-order valence-electron chi connectivity index (χ4n) is 3.21. The van der Waals surface area contributed by atoms with Gasteiger partial charge < -0.3 is 15.1 Å². The Kier molecular flexibility index (Phi) is 5.08. The zero-order valence-electron chi connectivity index (χ0n) is 15.5. The van der Waals surface area contributed by atoms with Gasteiger partial charge in [-0.25, -0.2) is 4.79 Å². The van der Waals surface area contributed by atoms with Gasteiger partial charge in [0.1, 0.15) is 0 Å². The van der Waals surface area contributed by atoms with Crippen molar-refractivity contribution in [3.8, 4) is 0 Å². The van der Waals surface area contributed by atoms with Gasteiger partial charge in [-0.1, -0.05) is 24.3 Å². The van der Waals surface area contributed by atoms with Crippen molar-refractivity contribution in [2.24, 2.45) is 0 Å². The largest absolute Gasteiger partial charge is 0.334 e. The number of hydrogen-bond donors (Lipinski definition) is 1. The summed E-state index contributed by atoms with van der Waals surface area (Å²) < 4.78 is 2.03. The van der Waals surface area contributed by atoms with Crippen LogP contribution in [0.15, 0.2) is 30.3 Å². The molecule has 1 fully saturated rings. The molecule has 134 valence electrons. The number of aryl methyl sites for hydroxylation is 2. The van der Waals surface area contributed by atoms with Crippen molar-refractivity contribution in [1.29, 1.82) is 0 Å². The summed E-state index contributed by atoms with van der Waals surface area (Å²) in [4.78, 5) is 16.2. The summed E-state index contributed by atoms with van der Waals surface area (Å²) in [5, 5.41) is 7.50. The molecule has 2 heterocycles. The fraction of sp³-hybridized carbons (Fsp3) is 0.474. The minimum Gasteiger partial charge on any atom is -0.334 e. The fourth-order valence-corrected chi connectivity index (χ4v) is 3.21. The highest BCUT2D eigenvalue weighted by atomic mass is 16.2. The number of urea groups is 1. The van der Waals surface area contributed by atoms with Crippen LogP contribution in [0.1, 0.15) is 28.6 Å². The van der Waals surface area contributed by atoms with Gasteiger partial charge in [-0.3, -0.25) is 4.68 Å². The van der Waals surface area contributed by atoms with Crippen molar-refractivity contribution < 1.29 is 4.79 Å². The van der Waals surface area contributed by atoms with E-state index >= 15 is 0 Å². The molecule has 1 N–H and O–H groups in total. The van der Waals surface area contributed by atoms with Gasteiger partial charge in [-0.15, -0.1) is 0 Å². The molecule has 2 aromatic rings. The highest BCUT2D eigenvalue weighted by Gasteiger charge is 2.33. The molecule has 0 atom stereocenters. The Morgan fingerprint density at radius 1 is 1.20 bits per heavy atom. The molecule has 0 bridgehead atoms. The van der Waals surface area contributed by atoms with Gasteiger partial charge in [0.2, 0.25) is 0 Å². The van der Waals surface area contributed by atoms with Crippen molar-refractivity contribution in [2.75, 3.05) is 27.2 Å². The molecule has 1 aromatic carbocycles. The maximum Gasteiger partial charge on any atom is 0.317 e. The number of carbonyl (C=O) groups excluding carboxylic acids is 1. The molecular formula is C19H27N5O. The highest BCUT2D eigenvalue weighted by Crippen LogP contribution is 2.22. The van der Waals surface area contributed by atoms with Crippen LogP contribution in [0.2, 0.25) is 0 Å². The van der Waals surface area contributed by atoms with E-state index in [4.69, 9.17) is 0 Å². The third kappa shape index (κ3) is 4.20. The van der Waals surface area contributed by atoms with Crippen LogP contribution in [0.25, 0.3) is 0 Å². The van der Waals surface area contributed by atoms with Gasteiger partial charge in [0.05, 0.1) is 11.7 Å². The van der Waals surface area contributed by atoms with Crippen molar-refractivity contribution in [3.63, 3.8) is 0 Å². The average molecular weight is 341 g/mol. The Hall–Kier alpha value is -2.34. The van der Waals surface area contributed by atoms with E-state index in [1.807, 2.05) is 16.5 Å². The lowest BCUT2D eigenvalue weighted by molar-refractivity contribution is 0.117. The van der Waals surface area contributed by atoms with Crippen molar-refractivity contribution in [3.05, 3.63) is 52.8 Å². The van der Waals surface area contributed by atoms with Crippen LogP contribution in [0.3, 0.4) is 0 Å². The van der Waals surface area contributed by atoms with E-state index in [0.717, 1.165) is 36.6 Å². The van der Waals surface area contributed by atoms with E-state index in [2.05, 4.69) is 66.7 Å². The first-order valence-electron chi connectivity index (χ1n) is 8.70. The normalized spacial score (nSPS) is 14.7. The van der Waals surface area contributed by atoms with Gasteiger partial charge in [-0.05, 0) is 45.1 Å². The molecular weight excluding hydrogens is 314 g/mol. The Bertz CT molecular complexity index is 729. The zero-order valence-corrected chi connectivity index (χ0v) is 15.5. The molecule has 1 saturated heterocycles. The van der Waals surface area contributed by atoms with E-state index in [1.165, 1.54) is 5.56 Å². The van der Waals surface area contributed by atoms with E-state index in [0.29, 0.717) is 12.6 Å². The molecule has 3 rings (SSSR count). The number of aromatic nitrogens is 2. The predicted octanol–water partition coefficient (Wildman–Crippen LogP) is 2.33. The summed E-state index contributed by atoms with van der Waals surface area (Å²) in [6.07, 6.45) is 0. The number of benzene rings is 1. The number of likely N-dealkylation sites (tertiary alicyclic amines) is 1. The highest BCUT2D eigenvalue weighted by molar-refractivity contribution is 5.75. The first kappa shape index (κ1) is 17.5. The molecule has 25 heavy (non-hydrogen) atoms. The second-order valence-electron chi connectivity index (χ2n) is 7.14. The van der Waals surface area contributed by atoms with Crippen molar-refractivity contribution >= 4 is 6.03 Å². The van der Waals surface area contributed by atoms with E-state index in [-0.39, 0.29) is 6.03 Å². The van der Waals surface area contributed by atoms with E-state index in [1.54, 1.807) is 0 Å². The number of nitrogens with zero attached hydrogens (tertiary/aromatic N) is 4. The second kappa shape index (κ2) is 7.27. The molecule has 1 aliphatic heterocycles. The minimum atomic E-state index is -0.00449. The van der Waals surface area contributed by atoms with Crippen LogP contribution in [0.4, 0.5) is 4.79 Å². The van der Waals surface area contributed by atoms with E-state index in [9.17, 15) is 4.79 Å². The van der Waals surface area contributed by atoms with Crippen LogP contribution in [-0.2, 0) is 13.1 Å². The van der Waals surface area contributed by atoms with Gasteiger partial charge in [0.25, 0.3) is 0 Å². The Labute approximate surface area is 149 Å². The number of amides is 2. The Morgan fingerprint density at radius 2 is 1.84 bits per heavy atom. The lowest BCUT2D eigenvalue weighted by atomic mass is 10.1. The molecule has 0 spiro atoms. The summed E-state index contributed by atoms with van der Waals surface area (Å²) in [5.74, 6) is 0. The molecule has 2 amide bonds. The number of carbonyl (C=O) groups is 1. The maximum atomic E-state index is 12.3. The molecule has 1 aliphatic rings. The van der Waals surface area contributed by atoms with Crippen LogP contribution < -0.4 is 5.32 Å². The number of hydrogen-bond acceptors (Lipinski definition) is 3. The van der Waals surface area contributed by atoms with Gasteiger partial charge in [0, 0.05) is 31.9 Å². The first-order valence-corrected chi connectivity index (χ1v) is 8.70. The molecule has 6 nitrogen and oxygen atoms in total. The monoisotopic (exact) mass is 341 g/mol. The molecule has 0 radical (unpaired) electrons. The summed E-state index contributed by atoms with van der Waals surface area (Å²) in [6, 6.07) is 10.7. The second-order valence-corrected chi connectivity index (χ2v) is 7.14. The van der Waals surface area contributed by atoms with Crippen LogP contribution >= 0.6 is 0 Å². The summed E-state index contributed by atoms with van der Waals surface area (Å²) in [6.45, 7) is 6.97. The standard InChI is InChI=1S/C19H27N5O/c1-14-9-15(2)24(21-14)18-12-23(13-18)19(25)20-10-16-5-7-17(8-6-16)11-22(3)4/h5-9,18H,10-13H2,1-4H3,(H,20,25). The van der Waals surface area contributed by atoms with Gasteiger partial charge in [0.15, 0.2) is 0 Å². The van der Waals surface area contributed by atoms with Crippen LogP contribution in [0.5, 0.6) is 0 Å². The molecule has 1 aromatic heterocycles. The Balaban J connectivity index is 1.45. The SMILES string of the molecule is Cc1cc(C)n(C2CN(C(=O)NCc3ccc(CN(C)C)cc3)C2)n1. The third-order valence-electron chi connectivity index (χ3n) is 4.51. The smallest absolute Gasteiger partial charge is 0.317 e. The topological polar surface area (TPSA) is 53.4 Å². The minimum absolute atomic E-state index is 0.00449. The first-order chi connectivity index (χ1) is 11.9. The molecule has 0 saturated carbocycles. The quantitative estimate of drug-likeness (QED) is 0.908. The number of rotatable bonds is 5. The maximum absolute atomic E-state index is 12.3. The zero-order chi connectivity index (χ0) is 18.0. The Morgan fingerprint density at radius 3 is 2.40 bits per heavy atom. The third-order valence-corrected chi connectivity index (χ3v) is 4.51.